The molecule has 0 aliphatic carbocycles. The number of nitrogens with one attached hydrogen (secondary N) is 1. The van der Waals surface area contributed by atoms with Gasteiger partial charge in [-0.3, -0.25) is 4.79 Å². The monoisotopic (exact) mass is 446 g/mol. The van der Waals surface area contributed by atoms with Crippen LogP contribution >= 0.6 is 0 Å². The molecule has 3 rings (SSSR count). The van der Waals surface area contributed by atoms with Crippen molar-refractivity contribution in [3.05, 3.63) is 65.7 Å². The highest BCUT2D eigenvalue weighted by atomic mass is 32.2. The fourth-order valence-corrected chi connectivity index (χ4v) is 4.59. The Morgan fingerprint density at radius 2 is 1.90 bits per heavy atom. The van der Waals surface area contributed by atoms with E-state index in [0.717, 1.165) is 16.9 Å². The number of nitrogens with zero attached hydrogens (tertiary/aromatic N) is 1. The summed E-state index contributed by atoms with van der Waals surface area (Å²) in [6.07, 6.45) is 1.08. The number of amides is 1. The first-order valence-electron chi connectivity index (χ1n) is 10.5. The van der Waals surface area contributed by atoms with Crippen LogP contribution in [-0.4, -0.2) is 58.3 Å². The molecule has 1 aliphatic rings. The van der Waals surface area contributed by atoms with Gasteiger partial charge in [0.2, 0.25) is 15.9 Å². The van der Waals surface area contributed by atoms with E-state index in [1.54, 1.807) is 12.0 Å². The molecule has 0 spiro atoms. The van der Waals surface area contributed by atoms with Crippen molar-refractivity contribution >= 4 is 15.9 Å². The van der Waals surface area contributed by atoms with Crippen LogP contribution in [0.1, 0.15) is 30.1 Å². The normalized spacial score (nSPS) is 16.8. The molecular formula is C23H30N2O5S. The van der Waals surface area contributed by atoms with Crippen LogP contribution in [0.4, 0.5) is 0 Å². The smallest absolute Gasteiger partial charge is 0.222 e. The topological polar surface area (TPSA) is 84.9 Å². The van der Waals surface area contributed by atoms with E-state index in [-0.39, 0.29) is 24.3 Å². The van der Waals surface area contributed by atoms with Gasteiger partial charge in [-0.05, 0) is 36.1 Å². The minimum Gasteiger partial charge on any atom is -0.497 e. The summed E-state index contributed by atoms with van der Waals surface area (Å²) < 4.78 is 37.9. The van der Waals surface area contributed by atoms with E-state index >= 15 is 0 Å². The van der Waals surface area contributed by atoms with Crippen LogP contribution in [0.2, 0.25) is 0 Å². The quantitative estimate of drug-likeness (QED) is 0.567. The minimum absolute atomic E-state index is 0.00942. The van der Waals surface area contributed by atoms with E-state index in [2.05, 4.69) is 4.72 Å². The van der Waals surface area contributed by atoms with Gasteiger partial charge >= 0.3 is 0 Å². The Kier molecular flexibility index (Phi) is 8.45. The molecule has 7 nitrogen and oxygen atoms in total. The number of rotatable bonds is 10. The lowest BCUT2D eigenvalue weighted by Crippen LogP contribution is -2.42. The third kappa shape index (κ3) is 7.34. The first kappa shape index (κ1) is 23.2. The number of morpholine rings is 1. The van der Waals surface area contributed by atoms with Gasteiger partial charge in [0, 0.05) is 19.5 Å². The fraction of sp³-hybridized carbons (Fsp3) is 0.435. The van der Waals surface area contributed by atoms with Gasteiger partial charge in [0.05, 0.1) is 26.0 Å². The van der Waals surface area contributed by atoms with Crippen molar-refractivity contribution in [2.75, 3.05) is 39.1 Å². The zero-order valence-electron chi connectivity index (χ0n) is 17.8. The Balaban J connectivity index is 1.37. The van der Waals surface area contributed by atoms with E-state index in [1.807, 2.05) is 54.6 Å². The van der Waals surface area contributed by atoms with Crippen molar-refractivity contribution in [1.82, 2.24) is 9.62 Å². The Hall–Kier alpha value is -2.42. The van der Waals surface area contributed by atoms with Crippen LogP contribution in [0.5, 0.6) is 5.75 Å². The predicted octanol–water partition coefficient (Wildman–Crippen LogP) is 2.54. The largest absolute Gasteiger partial charge is 0.497 e. The molecule has 168 valence electrons. The number of hydrogen-bond acceptors (Lipinski definition) is 5. The van der Waals surface area contributed by atoms with Crippen molar-refractivity contribution < 1.29 is 22.7 Å². The van der Waals surface area contributed by atoms with Crippen LogP contribution in [0.15, 0.2) is 54.6 Å². The number of carbonyl (C=O) groups excluding carboxylic acids is 1. The van der Waals surface area contributed by atoms with Gasteiger partial charge in [0.15, 0.2) is 0 Å². The van der Waals surface area contributed by atoms with Crippen molar-refractivity contribution in [2.45, 2.75) is 25.4 Å². The van der Waals surface area contributed by atoms with Crippen LogP contribution in [0.3, 0.4) is 0 Å². The van der Waals surface area contributed by atoms with E-state index in [1.165, 1.54) is 0 Å². The van der Waals surface area contributed by atoms with Crippen molar-refractivity contribution in [1.29, 1.82) is 0 Å². The number of methoxy groups -OCH3 is 1. The maximum absolute atomic E-state index is 12.5. The zero-order valence-corrected chi connectivity index (χ0v) is 18.6. The molecule has 2 aromatic rings. The van der Waals surface area contributed by atoms with Gasteiger partial charge in [0.25, 0.3) is 0 Å². The molecule has 1 amide bonds. The molecule has 31 heavy (non-hydrogen) atoms. The summed E-state index contributed by atoms with van der Waals surface area (Å²) in [6.45, 7) is 1.85. The molecule has 1 atom stereocenters. The molecule has 1 unspecified atom stereocenters. The highest BCUT2D eigenvalue weighted by Gasteiger charge is 2.25. The van der Waals surface area contributed by atoms with Crippen LogP contribution in [0, 0.1) is 0 Å². The van der Waals surface area contributed by atoms with Gasteiger partial charge in [-0.25, -0.2) is 13.1 Å². The second-order valence-corrected chi connectivity index (χ2v) is 9.45. The average molecular weight is 447 g/mol. The lowest BCUT2D eigenvalue weighted by atomic mass is 10.1. The Morgan fingerprint density at radius 3 is 2.61 bits per heavy atom. The summed E-state index contributed by atoms with van der Waals surface area (Å²) in [7, 11) is -1.80. The second kappa shape index (κ2) is 11.3. The van der Waals surface area contributed by atoms with Crippen molar-refractivity contribution in [3.8, 4) is 5.75 Å². The molecule has 0 bridgehead atoms. The molecule has 8 heteroatoms. The Morgan fingerprint density at radius 1 is 1.16 bits per heavy atom. The fourth-order valence-electron chi connectivity index (χ4n) is 3.49. The molecule has 1 N–H and O–H groups in total. The van der Waals surface area contributed by atoms with Crippen LogP contribution in [-0.2, 0) is 26.0 Å². The molecule has 2 aromatic carbocycles. The van der Waals surface area contributed by atoms with E-state index in [0.29, 0.717) is 39.0 Å². The standard InChI is InChI=1S/C23H30N2O5S/c1-29-21-11-9-19(10-12-21)13-17-31(27,28)24-14-5-8-23(26)25-15-16-30-22(18-25)20-6-3-2-4-7-20/h2-4,6-7,9-12,22,24H,5,8,13-18H2,1H3. The van der Waals surface area contributed by atoms with Gasteiger partial charge in [-0.1, -0.05) is 42.5 Å². The maximum atomic E-state index is 12.5. The summed E-state index contributed by atoms with van der Waals surface area (Å²) in [5, 5.41) is 0. The predicted molar refractivity (Wildman–Crippen MR) is 119 cm³/mol. The number of ether oxygens (including phenoxy) is 2. The first-order chi connectivity index (χ1) is 15.0. The van der Waals surface area contributed by atoms with Crippen LogP contribution in [0.25, 0.3) is 0 Å². The number of hydrogen-bond donors (Lipinski definition) is 1. The lowest BCUT2D eigenvalue weighted by Gasteiger charge is -2.33. The average Bonchev–Trinajstić information content (AvgIpc) is 2.81. The molecule has 0 saturated carbocycles. The third-order valence-electron chi connectivity index (χ3n) is 5.30. The third-order valence-corrected chi connectivity index (χ3v) is 6.68. The zero-order chi connectivity index (χ0) is 22.1. The number of sulfonamides is 1. The van der Waals surface area contributed by atoms with Gasteiger partial charge in [0.1, 0.15) is 11.9 Å². The van der Waals surface area contributed by atoms with Gasteiger partial charge in [-0.15, -0.1) is 0 Å². The van der Waals surface area contributed by atoms with Crippen molar-refractivity contribution in [3.63, 3.8) is 0 Å². The van der Waals surface area contributed by atoms with Gasteiger partial charge in [-0.2, -0.15) is 0 Å². The molecule has 0 aromatic heterocycles. The molecular weight excluding hydrogens is 416 g/mol. The Labute approximate surface area is 184 Å². The van der Waals surface area contributed by atoms with Crippen molar-refractivity contribution in [2.24, 2.45) is 0 Å². The SMILES string of the molecule is COc1ccc(CCS(=O)(=O)NCCCC(=O)N2CCOC(c3ccccc3)C2)cc1. The van der Waals surface area contributed by atoms with E-state index in [9.17, 15) is 13.2 Å². The van der Waals surface area contributed by atoms with E-state index < -0.39 is 10.0 Å². The maximum Gasteiger partial charge on any atom is 0.222 e. The minimum atomic E-state index is -3.39. The highest BCUT2D eigenvalue weighted by molar-refractivity contribution is 7.89. The highest BCUT2D eigenvalue weighted by Crippen LogP contribution is 2.22. The number of carbonyl (C=O) groups is 1. The summed E-state index contributed by atoms with van der Waals surface area (Å²) in [6, 6.07) is 17.2. The molecule has 1 saturated heterocycles. The van der Waals surface area contributed by atoms with Gasteiger partial charge < -0.3 is 14.4 Å². The summed E-state index contributed by atoms with van der Waals surface area (Å²) in [4.78, 5) is 14.4. The number of aryl methyl sites for hydroxylation is 1. The lowest BCUT2D eigenvalue weighted by molar-refractivity contribution is -0.139. The molecule has 1 aliphatic heterocycles. The molecule has 0 radical (unpaired) electrons. The summed E-state index contributed by atoms with van der Waals surface area (Å²) >= 11 is 0. The number of benzene rings is 2. The summed E-state index contributed by atoms with van der Waals surface area (Å²) in [5.41, 5.74) is 1.99. The molecule has 1 fully saturated rings. The summed E-state index contributed by atoms with van der Waals surface area (Å²) in [5.74, 6) is 0.779. The Bertz CT molecular complexity index is 932. The molecule has 1 heterocycles. The van der Waals surface area contributed by atoms with Crippen LogP contribution < -0.4 is 9.46 Å². The second-order valence-electron chi connectivity index (χ2n) is 7.52. The van der Waals surface area contributed by atoms with E-state index in [4.69, 9.17) is 9.47 Å². The first-order valence-corrected chi connectivity index (χ1v) is 12.2.